The van der Waals surface area contributed by atoms with Crippen molar-refractivity contribution < 1.29 is 4.74 Å². The number of hydrogen-bond donors (Lipinski definition) is 0. The van der Waals surface area contributed by atoms with Gasteiger partial charge in [0.05, 0.1) is 7.11 Å². The number of piperidine rings is 1. The molecule has 0 bridgehead atoms. The number of methoxy groups -OCH3 is 1. The van der Waals surface area contributed by atoms with E-state index in [4.69, 9.17) is 4.74 Å². The zero-order valence-corrected chi connectivity index (χ0v) is 10.1. The van der Waals surface area contributed by atoms with E-state index >= 15 is 0 Å². The summed E-state index contributed by atoms with van der Waals surface area (Å²) in [6.45, 7) is 4.23. The number of aryl methyl sites for hydroxylation is 1. The molecule has 0 N–H and O–H groups in total. The van der Waals surface area contributed by atoms with Crippen molar-refractivity contribution in [3.63, 3.8) is 0 Å². The Hall–Kier alpha value is -1.32. The highest BCUT2D eigenvalue weighted by Gasteiger charge is 2.15. The predicted molar refractivity (Wildman–Crippen MR) is 64.0 cm³/mol. The fourth-order valence-electron chi connectivity index (χ4n) is 1.98. The quantitative estimate of drug-likeness (QED) is 0.783. The van der Waals surface area contributed by atoms with Gasteiger partial charge in [0.2, 0.25) is 11.8 Å². The van der Waals surface area contributed by atoms with Gasteiger partial charge in [-0.1, -0.05) is 6.92 Å². The van der Waals surface area contributed by atoms with E-state index < -0.39 is 0 Å². The molecule has 0 radical (unpaired) electrons. The second kappa shape index (κ2) is 5.14. The second-order valence-corrected chi connectivity index (χ2v) is 4.10. The molecule has 2 rings (SSSR count). The first kappa shape index (κ1) is 11.2. The van der Waals surface area contributed by atoms with Gasteiger partial charge >= 0.3 is 0 Å². The lowest BCUT2D eigenvalue weighted by molar-refractivity contribution is 0.395. The van der Waals surface area contributed by atoms with E-state index in [1.165, 1.54) is 19.3 Å². The van der Waals surface area contributed by atoms with Gasteiger partial charge in [-0.05, 0) is 25.7 Å². The number of nitrogens with zero attached hydrogens (tertiary/aromatic N) is 3. The molecule has 0 amide bonds. The van der Waals surface area contributed by atoms with Crippen molar-refractivity contribution in [2.45, 2.75) is 32.6 Å². The molecule has 2 heterocycles. The maximum atomic E-state index is 5.21. The van der Waals surface area contributed by atoms with Crippen molar-refractivity contribution in [3.05, 3.63) is 11.8 Å². The lowest BCUT2D eigenvalue weighted by atomic mass is 10.1. The Balaban J connectivity index is 2.24. The van der Waals surface area contributed by atoms with Gasteiger partial charge in [-0.2, -0.15) is 4.98 Å². The van der Waals surface area contributed by atoms with Crippen LogP contribution in [0.4, 0.5) is 5.95 Å². The fraction of sp³-hybridized carbons (Fsp3) is 0.667. The number of rotatable bonds is 3. The van der Waals surface area contributed by atoms with Crippen LogP contribution in [-0.2, 0) is 6.42 Å². The highest BCUT2D eigenvalue weighted by molar-refractivity contribution is 5.34. The summed E-state index contributed by atoms with van der Waals surface area (Å²) < 4.78 is 5.21. The molecular formula is C12H19N3O. The molecule has 4 heteroatoms. The van der Waals surface area contributed by atoms with Crippen molar-refractivity contribution in [2.75, 3.05) is 25.1 Å². The van der Waals surface area contributed by atoms with Crippen molar-refractivity contribution in [2.24, 2.45) is 0 Å². The van der Waals surface area contributed by atoms with E-state index in [1.807, 2.05) is 6.07 Å². The lowest BCUT2D eigenvalue weighted by Gasteiger charge is -2.27. The summed E-state index contributed by atoms with van der Waals surface area (Å²) >= 11 is 0. The third kappa shape index (κ3) is 2.43. The van der Waals surface area contributed by atoms with E-state index in [2.05, 4.69) is 21.8 Å². The zero-order chi connectivity index (χ0) is 11.4. The van der Waals surface area contributed by atoms with Crippen molar-refractivity contribution in [3.8, 4) is 5.88 Å². The standard InChI is InChI=1S/C12H19N3O/c1-3-10-9-11(16-2)14-12(13-10)15-7-5-4-6-8-15/h9H,3-8H2,1-2H3. The molecular weight excluding hydrogens is 202 g/mol. The highest BCUT2D eigenvalue weighted by Crippen LogP contribution is 2.19. The van der Waals surface area contributed by atoms with Crippen LogP contribution in [0.1, 0.15) is 31.9 Å². The number of anilines is 1. The minimum Gasteiger partial charge on any atom is -0.481 e. The fourth-order valence-corrected chi connectivity index (χ4v) is 1.98. The van der Waals surface area contributed by atoms with Crippen LogP contribution in [0.25, 0.3) is 0 Å². The molecule has 0 aromatic carbocycles. The topological polar surface area (TPSA) is 38.2 Å². The summed E-state index contributed by atoms with van der Waals surface area (Å²) in [5, 5.41) is 0. The summed E-state index contributed by atoms with van der Waals surface area (Å²) in [5.74, 6) is 1.50. The van der Waals surface area contributed by atoms with Crippen LogP contribution < -0.4 is 9.64 Å². The van der Waals surface area contributed by atoms with Crippen molar-refractivity contribution in [1.82, 2.24) is 9.97 Å². The van der Waals surface area contributed by atoms with Crippen molar-refractivity contribution in [1.29, 1.82) is 0 Å². The van der Waals surface area contributed by atoms with Gasteiger partial charge in [-0.25, -0.2) is 4.98 Å². The predicted octanol–water partition coefficient (Wildman–Crippen LogP) is 2.04. The van der Waals surface area contributed by atoms with Gasteiger partial charge in [-0.3, -0.25) is 0 Å². The Morgan fingerprint density at radius 3 is 2.62 bits per heavy atom. The summed E-state index contributed by atoms with van der Waals surface area (Å²) in [6, 6.07) is 1.91. The van der Waals surface area contributed by atoms with Gasteiger partial charge < -0.3 is 9.64 Å². The maximum Gasteiger partial charge on any atom is 0.228 e. The Kier molecular flexibility index (Phi) is 3.59. The molecule has 0 saturated carbocycles. The molecule has 1 saturated heterocycles. The Morgan fingerprint density at radius 2 is 2.00 bits per heavy atom. The minimum absolute atomic E-state index is 0.674. The van der Waals surface area contributed by atoms with E-state index in [9.17, 15) is 0 Å². The summed E-state index contributed by atoms with van der Waals surface area (Å²) in [4.78, 5) is 11.2. The van der Waals surface area contributed by atoms with E-state index in [0.717, 1.165) is 31.2 Å². The number of aromatic nitrogens is 2. The number of hydrogen-bond acceptors (Lipinski definition) is 4. The first-order valence-corrected chi connectivity index (χ1v) is 6.00. The Bertz CT molecular complexity index is 326. The van der Waals surface area contributed by atoms with Crippen LogP contribution in [0.2, 0.25) is 0 Å². The van der Waals surface area contributed by atoms with Crippen molar-refractivity contribution >= 4 is 5.95 Å². The molecule has 1 aromatic heterocycles. The first-order valence-electron chi connectivity index (χ1n) is 6.00. The molecule has 1 fully saturated rings. The molecule has 88 valence electrons. The third-order valence-corrected chi connectivity index (χ3v) is 2.95. The summed E-state index contributed by atoms with van der Waals surface area (Å²) in [7, 11) is 1.65. The van der Waals surface area contributed by atoms with Crippen LogP contribution in [0.5, 0.6) is 5.88 Å². The van der Waals surface area contributed by atoms with E-state index in [-0.39, 0.29) is 0 Å². The third-order valence-electron chi connectivity index (χ3n) is 2.95. The summed E-state index contributed by atoms with van der Waals surface area (Å²) in [5.41, 5.74) is 1.05. The Morgan fingerprint density at radius 1 is 1.25 bits per heavy atom. The van der Waals surface area contributed by atoms with Crippen LogP contribution in [0.3, 0.4) is 0 Å². The van der Waals surface area contributed by atoms with Gasteiger partial charge in [0, 0.05) is 24.8 Å². The molecule has 4 nitrogen and oxygen atoms in total. The van der Waals surface area contributed by atoms with Gasteiger partial charge in [-0.15, -0.1) is 0 Å². The van der Waals surface area contributed by atoms with Gasteiger partial charge in [0.1, 0.15) is 0 Å². The molecule has 0 spiro atoms. The van der Waals surface area contributed by atoms with Crippen LogP contribution in [0, 0.1) is 0 Å². The van der Waals surface area contributed by atoms with E-state index in [1.54, 1.807) is 7.11 Å². The van der Waals surface area contributed by atoms with E-state index in [0.29, 0.717) is 5.88 Å². The molecule has 0 unspecified atom stereocenters. The zero-order valence-electron chi connectivity index (χ0n) is 10.1. The van der Waals surface area contributed by atoms with Gasteiger partial charge in [0.25, 0.3) is 0 Å². The second-order valence-electron chi connectivity index (χ2n) is 4.10. The maximum absolute atomic E-state index is 5.21. The first-order chi connectivity index (χ1) is 7.83. The highest BCUT2D eigenvalue weighted by atomic mass is 16.5. The number of ether oxygens (including phenoxy) is 1. The SMILES string of the molecule is CCc1cc(OC)nc(N2CCCCC2)n1. The molecule has 16 heavy (non-hydrogen) atoms. The Labute approximate surface area is 96.7 Å². The largest absolute Gasteiger partial charge is 0.481 e. The average molecular weight is 221 g/mol. The van der Waals surface area contributed by atoms with Crippen LogP contribution in [0.15, 0.2) is 6.07 Å². The average Bonchev–Trinajstić information content (AvgIpc) is 2.39. The molecule has 1 aromatic rings. The van der Waals surface area contributed by atoms with Crippen LogP contribution >= 0.6 is 0 Å². The molecule has 1 aliphatic heterocycles. The molecule has 1 aliphatic rings. The summed E-state index contributed by atoms with van der Waals surface area (Å²) in [6.07, 6.45) is 4.71. The lowest BCUT2D eigenvalue weighted by Crippen LogP contribution is -2.31. The van der Waals surface area contributed by atoms with Gasteiger partial charge in [0.15, 0.2) is 0 Å². The minimum atomic E-state index is 0.674. The smallest absolute Gasteiger partial charge is 0.228 e. The normalized spacial score (nSPS) is 16.2. The molecule has 0 aliphatic carbocycles. The van der Waals surface area contributed by atoms with Crippen LogP contribution in [-0.4, -0.2) is 30.2 Å². The molecule has 0 atom stereocenters. The monoisotopic (exact) mass is 221 g/mol.